The molecule has 0 spiro atoms. The summed E-state index contributed by atoms with van der Waals surface area (Å²) >= 11 is 0. The maximum atomic E-state index is 13.6. The number of carbonyl (C=O) groups is 3. The van der Waals surface area contributed by atoms with E-state index >= 15 is 0 Å². The summed E-state index contributed by atoms with van der Waals surface area (Å²) in [5, 5.41) is 12.6. The SMILES string of the molecule is CCCC(=O)C(C)C(C)(NC(=O)OC)C([C@@H](O)C(F)(F)F)N1CCC[C@H]1C(N)=O. The maximum absolute atomic E-state index is 13.6. The number of amides is 2. The van der Waals surface area contributed by atoms with Gasteiger partial charge in [0, 0.05) is 12.3 Å². The third kappa shape index (κ3) is 5.59. The van der Waals surface area contributed by atoms with Crippen LogP contribution >= 0.6 is 0 Å². The number of primary amides is 1. The smallest absolute Gasteiger partial charge is 0.415 e. The standard InChI is InChI=1S/C18H30F3N3O5/c1-5-7-12(25)10(2)17(3,23-16(28)29-4)13(14(26)18(19,20)21)24-9-6-8-11(24)15(22)27/h10-11,13-14,26H,5-9H2,1-4H3,(H2,22,27)(H,23,28)/t10?,11-,13?,14+,17?/m0/s1. The number of nitrogens with one attached hydrogen (secondary N) is 1. The normalized spacial score (nSPS) is 23.0. The number of rotatable bonds is 9. The first kappa shape index (κ1) is 25.2. The van der Waals surface area contributed by atoms with Crippen LogP contribution in [0.25, 0.3) is 0 Å². The molecule has 0 aromatic carbocycles. The van der Waals surface area contributed by atoms with Crippen molar-refractivity contribution in [2.45, 2.75) is 76.4 Å². The third-order valence-electron chi connectivity index (χ3n) is 5.66. The Balaban J connectivity index is 3.58. The van der Waals surface area contributed by atoms with Crippen LogP contribution in [0.4, 0.5) is 18.0 Å². The van der Waals surface area contributed by atoms with E-state index in [9.17, 15) is 32.7 Å². The number of aliphatic hydroxyl groups excluding tert-OH is 1. The molecule has 1 heterocycles. The highest BCUT2D eigenvalue weighted by Gasteiger charge is 2.58. The molecular formula is C18H30F3N3O5. The van der Waals surface area contributed by atoms with Crippen molar-refractivity contribution < 1.29 is 37.4 Å². The number of halogens is 3. The highest BCUT2D eigenvalue weighted by Crippen LogP contribution is 2.38. The zero-order chi connectivity index (χ0) is 22.6. The third-order valence-corrected chi connectivity index (χ3v) is 5.66. The largest absolute Gasteiger partial charge is 0.453 e. The lowest BCUT2D eigenvalue weighted by atomic mass is 9.74. The van der Waals surface area contributed by atoms with Gasteiger partial charge in [-0.05, 0) is 32.7 Å². The number of methoxy groups -OCH3 is 1. The van der Waals surface area contributed by atoms with Gasteiger partial charge in [-0.15, -0.1) is 0 Å². The molecule has 0 aromatic heterocycles. The van der Waals surface area contributed by atoms with Crippen LogP contribution in [0, 0.1) is 5.92 Å². The second kappa shape index (κ2) is 9.75. The van der Waals surface area contributed by atoms with E-state index in [0.717, 1.165) is 12.0 Å². The lowest BCUT2D eigenvalue weighted by Gasteiger charge is -2.49. The molecule has 1 saturated heterocycles. The number of hydrogen-bond donors (Lipinski definition) is 3. The molecule has 0 saturated carbocycles. The van der Waals surface area contributed by atoms with Crippen LogP contribution in [-0.2, 0) is 14.3 Å². The Morgan fingerprint density at radius 2 is 1.93 bits per heavy atom. The molecule has 2 amide bonds. The fourth-order valence-electron chi connectivity index (χ4n) is 3.97. The molecule has 8 nitrogen and oxygen atoms in total. The number of carbonyl (C=O) groups excluding carboxylic acids is 3. The number of nitrogens with zero attached hydrogens (tertiary/aromatic N) is 1. The Hall–Kier alpha value is -1.88. The number of Topliss-reactive ketones (excluding diaryl/α,β-unsaturated/α-hetero) is 1. The summed E-state index contributed by atoms with van der Waals surface area (Å²) in [6, 6.07) is -2.90. The van der Waals surface area contributed by atoms with Crippen LogP contribution in [0.5, 0.6) is 0 Å². The quantitative estimate of drug-likeness (QED) is 0.513. The summed E-state index contributed by atoms with van der Waals surface area (Å²) in [5.74, 6) is -2.34. The topological polar surface area (TPSA) is 122 Å². The predicted molar refractivity (Wildman–Crippen MR) is 97.8 cm³/mol. The van der Waals surface area contributed by atoms with Gasteiger partial charge in [0.15, 0.2) is 6.10 Å². The molecule has 4 N–H and O–H groups in total. The minimum absolute atomic E-state index is 0.0402. The minimum atomic E-state index is -5.07. The lowest BCUT2D eigenvalue weighted by Crippen LogP contribution is -2.71. The number of alkyl carbamates (subject to hydrolysis) is 1. The minimum Gasteiger partial charge on any atom is -0.453 e. The van der Waals surface area contributed by atoms with E-state index in [0.29, 0.717) is 12.8 Å². The van der Waals surface area contributed by atoms with Crippen molar-refractivity contribution >= 4 is 17.8 Å². The molecule has 1 aliphatic rings. The average molecular weight is 425 g/mol. The van der Waals surface area contributed by atoms with Gasteiger partial charge in [0.25, 0.3) is 0 Å². The van der Waals surface area contributed by atoms with Gasteiger partial charge in [0.1, 0.15) is 5.78 Å². The second-order valence-corrected chi connectivity index (χ2v) is 7.57. The highest BCUT2D eigenvalue weighted by molar-refractivity contribution is 5.83. The van der Waals surface area contributed by atoms with Gasteiger partial charge >= 0.3 is 12.3 Å². The molecule has 0 radical (unpaired) electrons. The van der Waals surface area contributed by atoms with E-state index < -0.39 is 47.8 Å². The Labute approximate surface area is 167 Å². The second-order valence-electron chi connectivity index (χ2n) is 7.57. The van der Waals surface area contributed by atoms with Crippen LogP contribution in [0.15, 0.2) is 0 Å². The highest BCUT2D eigenvalue weighted by atomic mass is 19.4. The van der Waals surface area contributed by atoms with Crippen molar-refractivity contribution in [3.63, 3.8) is 0 Å². The first-order valence-electron chi connectivity index (χ1n) is 9.49. The Morgan fingerprint density at radius 3 is 2.38 bits per heavy atom. The van der Waals surface area contributed by atoms with Crippen molar-refractivity contribution in [2.75, 3.05) is 13.7 Å². The van der Waals surface area contributed by atoms with Gasteiger partial charge in [0.2, 0.25) is 5.91 Å². The van der Waals surface area contributed by atoms with Crippen molar-refractivity contribution in [3.8, 4) is 0 Å². The maximum Gasteiger partial charge on any atom is 0.415 e. The van der Waals surface area contributed by atoms with Crippen LogP contribution in [0.2, 0.25) is 0 Å². The van der Waals surface area contributed by atoms with Crippen LogP contribution in [0.3, 0.4) is 0 Å². The van der Waals surface area contributed by atoms with E-state index in [2.05, 4.69) is 10.1 Å². The van der Waals surface area contributed by atoms with E-state index in [4.69, 9.17) is 5.73 Å². The first-order chi connectivity index (χ1) is 13.3. The van der Waals surface area contributed by atoms with E-state index in [1.54, 1.807) is 6.92 Å². The van der Waals surface area contributed by atoms with Gasteiger partial charge in [-0.2, -0.15) is 13.2 Å². The molecule has 29 heavy (non-hydrogen) atoms. The summed E-state index contributed by atoms with van der Waals surface area (Å²) in [4.78, 5) is 37.6. The molecule has 1 fully saturated rings. The molecule has 0 aromatic rings. The summed E-state index contributed by atoms with van der Waals surface area (Å²) in [5.41, 5.74) is 3.47. The molecule has 5 atom stereocenters. The number of hydrogen-bond acceptors (Lipinski definition) is 6. The molecule has 3 unspecified atom stereocenters. The number of alkyl halides is 3. The van der Waals surface area contributed by atoms with Gasteiger partial charge in [-0.25, -0.2) is 4.79 Å². The number of nitrogens with two attached hydrogens (primary N) is 1. The number of likely N-dealkylation sites (tertiary alicyclic amines) is 1. The van der Waals surface area contributed by atoms with Crippen LogP contribution in [-0.4, -0.2) is 71.3 Å². The molecule has 0 aliphatic carbocycles. The summed E-state index contributed by atoms with van der Waals surface area (Å²) < 4.78 is 45.4. The predicted octanol–water partition coefficient (Wildman–Crippen LogP) is 1.35. The zero-order valence-electron chi connectivity index (χ0n) is 17.1. The lowest BCUT2D eigenvalue weighted by molar-refractivity contribution is -0.232. The molecule has 168 valence electrons. The van der Waals surface area contributed by atoms with E-state index in [-0.39, 0.29) is 25.2 Å². The Morgan fingerprint density at radius 1 is 1.34 bits per heavy atom. The summed E-state index contributed by atoms with van der Waals surface area (Å²) in [6.45, 7) is 4.41. The van der Waals surface area contributed by atoms with E-state index in [1.807, 2.05) is 0 Å². The summed E-state index contributed by atoms with van der Waals surface area (Å²) in [6.07, 6.45) is -7.95. The molecular weight excluding hydrogens is 395 g/mol. The van der Waals surface area contributed by atoms with Crippen molar-refractivity contribution in [1.29, 1.82) is 0 Å². The van der Waals surface area contributed by atoms with Crippen molar-refractivity contribution in [2.24, 2.45) is 11.7 Å². The van der Waals surface area contributed by atoms with Crippen LogP contribution in [0.1, 0.15) is 46.5 Å². The molecule has 0 bridgehead atoms. The van der Waals surface area contributed by atoms with Gasteiger partial charge in [0.05, 0.1) is 24.7 Å². The summed E-state index contributed by atoms with van der Waals surface area (Å²) in [7, 11) is 1.03. The monoisotopic (exact) mass is 425 g/mol. The van der Waals surface area contributed by atoms with Crippen molar-refractivity contribution in [3.05, 3.63) is 0 Å². The number of aliphatic hydroxyl groups is 1. The first-order valence-corrected chi connectivity index (χ1v) is 9.49. The Kier molecular flexibility index (Phi) is 8.46. The fourth-order valence-corrected chi connectivity index (χ4v) is 3.97. The molecule has 1 rings (SSSR count). The Bertz CT molecular complexity index is 616. The average Bonchev–Trinajstić information content (AvgIpc) is 3.09. The molecule has 1 aliphatic heterocycles. The van der Waals surface area contributed by atoms with Gasteiger partial charge in [-0.1, -0.05) is 13.8 Å². The van der Waals surface area contributed by atoms with Gasteiger partial charge in [-0.3, -0.25) is 14.5 Å². The zero-order valence-corrected chi connectivity index (χ0v) is 17.1. The molecule has 11 heteroatoms. The van der Waals surface area contributed by atoms with E-state index in [1.165, 1.54) is 13.8 Å². The number of ketones is 1. The fraction of sp³-hybridized carbons (Fsp3) is 0.833. The number of ether oxygens (including phenoxy) is 1. The van der Waals surface area contributed by atoms with Crippen molar-refractivity contribution in [1.82, 2.24) is 10.2 Å². The van der Waals surface area contributed by atoms with Gasteiger partial charge < -0.3 is 20.9 Å². The van der Waals surface area contributed by atoms with Crippen LogP contribution < -0.4 is 11.1 Å².